The molecule has 1 radical (unpaired) electrons. The molecule has 0 spiro atoms. The fourth-order valence-electron chi connectivity index (χ4n) is 3.12. The number of aliphatic carboxylic acids is 1. The molecule has 141 valence electrons. The van der Waals surface area contributed by atoms with Crippen LogP contribution in [-0.4, -0.2) is 25.3 Å². The standard InChI is InChI=1S/C13H17.C5H10O2.2CH3O.Ti/c1-3-7-12-10(5-1)9-11-6-2-4-8-13(11)12;1-5(2,3)4(6)7;2*1-2;/h5H,1-4,6-9H2;1-3H3,(H,6,7);2*1H3;/q-1;;2*-1;+3. The average molecular weight is 385 g/mol. The molecular weight excluding hydrogens is 352 g/mol. The van der Waals surface area contributed by atoms with Gasteiger partial charge in [-0.2, -0.15) is 19.8 Å². The number of hydrogen-bond acceptors (Lipinski definition) is 3. The molecule has 1 N–H and O–H groups in total. The van der Waals surface area contributed by atoms with Gasteiger partial charge in [0.05, 0.1) is 5.41 Å². The van der Waals surface area contributed by atoms with Crippen LogP contribution in [0.25, 0.3) is 0 Å². The Bertz CT molecular complexity index is 429. The third-order valence-electron chi connectivity index (χ3n) is 4.40. The molecule has 3 aliphatic carbocycles. The Balaban J connectivity index is 0. The molecular formula is C20H33O4Ti. The van der Waals surface area contributed by atoms with Gasteiger partial charge in [-0.25, -0.2) is 12.0 Å². The average Bonchev–Trinajstić information content (AvgIpc) is 2.97. The Morgan fingerprint density at radius 1 is 0.960 bits per heavy atom. The monoisotopic (exact) mass is 385 g/mol. The van der Waals surface area contributed by atoms with Gasteiger partial charge in [0.15, 0.2) is 0 Å². The van der Waals surface area contributed by atoms with Crippen molar-refractivity contribution in [1.82, 2.24) is 0 Å². The van der Waals surface area contributed by atoms with Crippen LogP contribution in [0.4, 0.5) is 0 Å². The summed E-state index contributed by atoms with van der Waals surface area (Å²) in [5.41, 5.74) is 6.48. The van der Waals surface area contributed by atoms with E-state index in [-0.39, 0.29) is 21.7 Å². The molecule has 0 saturated heterocycles. The van der Waals surface area contributed by atoms with E-state index in [2.05, 4.69) is 6.42 Å². The maximum atomic E-state index is 10.0. The SMILES string of the molecule is CC(C)(C)C(=O)O.C[O-].C[O-].[CH-]1CCCC2=C1CC1=C2CCCC1.[Ti+3]. The quantitative estimate of drug-likeness (QED) is 0.513. The van der Waals surface area contributed by atoms with Gasteiger partial charge < -0.3 is 15.3 Å². The van der Waals surface area contributed by atoms with E-state index >= 15 is 0 Å². The minimum Gasteiger partial charge on any atom is -0.857 e. The van der Waals surface area contributed by atoms with Crippen molar-refractivity contribution in [3.8, 4) is 0 Å². The molecule has 0 aliphatic heterocycles. The van der Waals surface area contributed by atoms with E-state index in [1.54, 1.807) is 43.1 Å². The number of carboxylic acid groups (broad SMARTS) is 1. The summed E-state index contributed by atoms with van der Waals surface area (Å²) in [6.45, 7) is 4.99. The molecule has 0 atom stereocenters. The predicted molar refractivity (Wildman–Crippen MR) is 94.2 cm³/mol. The first-order chi connectivity index (χ1) is 11.4. The summed E-state index contributed by atoms with van der Waals surface area (Å²) in [6.07, 6.45) is 13.6. The van der Waals surface area contributed by atoms with Gasteiger partial charge in [-0.05, 0) is 46.5 Å². The normalized spacial score (nSPS) is 17.7. The zero-order valence-electron chi connectivity index (χ0n) is 16.4. The van der Waals surface area contributed by atoms with Crippen molar-refractivity contribution in [3.63, 3.8) is 0 Å². The molecule has 0 aromatic rings. The maximum absolute atomic E-state index is 10.0. The number of hydrogen-bond donors (Lipinski definition) is 1. The number of fused-ring (bicyclic) bond motifs is 1. The van der Waals surface area contributed by atoms with Crippen molar-refractivity contribution < 1.29 is 41.8 Å². The van der Waals surface area contributed by atoms with E-state index in [0.717, 1.165) is 14.2 Å². The Labute approximate surface area is 168 Å². The zero-order chi connectivity index (χ0) is 18.8. The summed E-state index contributed by atoms with van der Waals surface area (Å²) < 4.78 is 0. The van der Waals surface area contributed by atoms with Crippen LogP contribution in [0.2, 0.25) is 0 Å². The molecule has 3 aliphatic rings. The summed E-state index contributed by atoms with van der Waals surface area (Å²) >= 11 is 0. The van der Waals surface area contributed by atoms with Gasteiger partial charge in [0.2, 0.25) is 0 Å². The molecule has 3 rings (SSSR count). The fourth-order valence-corrected chi connectivity index (χ4v) is 3.12. The van der Waals surface area contributed by atoms with Crippen LogP contribution in [0.15, 0.2) is 22.3 Å². The van der Waals surface area contributed by atoms with Crippen LogP contribution in [0.3, 0.4) is 0 Å². The van der Waals surface area contributed by atoms with Crippen molar-refractivity contribution in [2.75, 3.05) is 14.2 Å². The largest absolute Gasteiger partial charge is 3.00 e. The summed E-state index contributed by atoms with van der Waals surface area (Å²) in [6, 6.07) is 0. The van der Waals surface area contributed by atoms with Crippen LogP contribution in [-0.2, 0) is 26.5 Å². The predicted octanol–water partition coefficient (Wildman–Crippen LogP) is 3.01. The first-order valence-corrected chi connectivity index (χ1v) is 8.71. The van der Waals surface area contributed by atoms with E-state index in [1.165, 1.54) is 51.4 Å². The Morgan fingerprint density at radius 3 is 1.96 bits per heavy atom. The second kappa shape index (κ2) is 13.6. The van der Waals surface area contributed by atoms with Crippen LogP contribution in [0, 0.1) is 11.8 Å². The Kier molecular flexibility index (Phi) is 14.5. The fraction of sp³-hybridized carbons (Fsp3) is 0.700. The number of carbonyl (C=O) groups is 1. The van der Waals surface area contributed by atoms with E-state index in [0.29, 0.717) is 0 Å². The minimum absolute atomic E-state index is 0. The van der Waals surface area contributed by atoms with Gasteiger partial charge in [-0.1, -0.05) is 24.8 Å². The van der Waals surface area contributed by atoms with Crippen molar-refractivity contribution in [2.45, 2.75) is 72.1 Å². The van der Waals surface area contributed by atoms with E-state index in [4.69, 9.17) is 15.3 Å². The van der Waals surface area contributed by atoms with Gasteiger partial charge in [0, 0.05) is 0 Å². The maximum Gasteiger partial charge on any atom is 3.00 e. The van der Waals surface area contributed by atoms with Crippen LogP contribution in [0.1, 0.15) is 72.1 Å². The molecule has 5 heteroatoms. The van der Waals surface area contributed by atoms with Gasteiger partial charge in [-0.15, -0.1) is 12.0 Å². The summed E-state index contributed by atoms with van der Waals surface area (Å²) in [4.78, 5) is 10.0. The second-order valence-electron chi connectivity index (χ2n) is 7.12. The van der Waals surface area contributed by atoms with Gasteiger partial charge in [0.1, 0.15) is 0 Å². The number of allylic oxidation sites excluding steroid dienone is 4. The topological polar surface area (TPSA) is 83.4 Å². The first-order valence-electron chi connectivity index (χ1n) is 8.71. The molecule has 0 fully saturated rings. The molecule has 0 saturated carbocycles. The van der Waals surface area contributed by atoms with Crippen molar-refractivity contribution in [3.05, 3.63) is 28.7 Å². The van der Waals surface area contributed by atoms with Crippen LogP contribution in [0.5, 0.6) is 0 Å². The summed E-state index contributed by atoms with van der Waals surface area (Å²) in [5.74, 6) is -0.757. The van der Waals surface area contributed by atoms with Gasteiger partial charge >= 0.3 is 27.7 Å². The smallest absolute Gasteiger partial charge is 0.857 e. The van der Waals surface area contributed by atoms with Crippen LogP contribution < -0.4 is 10.2 Å². The molecule has 0 heterocycles. The third-order valence-corrected chi connectivity index (χ3v) is 4.40. The van der Waals surface area contributed by atoms with Gasteiger partial charge in [0.25, 0.3) is 0 Å². The second-order valence-corrected chi connectivity index (χ2v) is 7.12. The molecule has 0 bridgehead atoms. The van der Waals surface area contributed by atoms with Crippen molar-refractivity contribution in [1.29, 1.82) is 0 Å². The minimum atomic E-state index is -0.757. The molecule has 0 aromatic heterocycles. The molecule has 0 aromatic carbocycles. The Morgan fingerprint density at radius 2 is 1.44 bits per heavy atom. The Hall–Kier alpha value is -0.546. The first kappa shape index (κ1) is 26.7. The third kappa shape index (κ3) is 8.59. The number of carboxylic acids is 1. The molecule has 0 unspecified atom stereocenters. The summed E-state index contributed by atoms with van der Waals surface area (Å²) in [7, 11) is 1.50. The molecule has 4 nitrogen and oxygen atoms in total. The molecule has 25 heavy (non-hydrogen) atoms. The van der Waals surface area contributed by atoms with E-state index in [1.807, 2.05) is 0 Å². The van der Waals surface area contributed by atoms with Crippen molar-refractivity contribution >= 4 is 5.97 Å². The van der Waals surface area contributed by atoms with E-state index in [9.17, 15) is 4.79 Å². The van der Waals surface area contributed by atoms with E-state index < -0.39 is 11.4 Å². The zero-order valence-corrected chi connectivity index (χ0v) is 18.0. The van der Waals surface area contributed by atoms with Crippen molar-refractivity contribution in [2.24, 2.45) is 5.41 Å². The number of rotatable bonds is 0. The van der Waals surface area contributed by atoms with Gasteiger partial charge in [-0.3, -0.25) is 4.79 Å². The summed E-state index contributed by atoms with van der Waals surface area (Å²) in [5, 5.41) is 24.8. The van der Waals surface area contributed by atoms with Crippen LogP contribution >= 0.6 is 0 Å². The molecule has 0 amide bonds.